The maximum absolute atomic E-state index is 13.0. The van der Waals surface area contributed by atoms with Crippen LogP contribution >= 0.6 is 0 Å². The van der Waals surface area contributed by atoms with Crippen LogP contribution in [0.2, 0.25) is 0 Å². The molecule has 2 atom stereocenters. The number of halogens is 3. The highest BCUT2D eigenvalue weighted by molar-refractivity contribution is 5.82. The summed E-state index contributed by atoms with van der Waals surface area (Å²) in [6.07, 6.45) is -4.20. The van der Waals surface area contributed by atoms with Crippen molar-refractivity contribution < 1.29 is 23.1 Å². The Labute approximate surface area is 138 Å². The largest absolute Gasteiger partial charge is 0.506 e. The fourth-order valence-electron chi connectivity index (χ4n) is 4.37. The van der Waals surface area contributed by atoms with Crippen LogP contribution in [0.15, 0.2) is 12.1 Å². The number of nitrogen functional groups attached to an aromatic ring is 1. The lowest BCUT2D eigenvalue weighted by atomic mass is 9.51. The minimum atomic E-state index is -4.88. The number of hydrogen-bond donors (Lipinski definition) is 2. The van der Waals surface area contributed by atoms with Gasteiger partial charge < -0.3 is 15.7 Å². The second-order valence-electron chi connectivity index (χ2n) is 7.59. The number of piperidine rings is 1. The molecule has 3 rings (SSSR count). The van der Waals surface area contributed by atoms with Crippen LogP contribution in [0.4, 0.5) is 18.9 Å². The van der Waals surface area contributed by atoms with Gasteiger partial charge in [-0.15, -0.1) is 0 Å². The summed E-state index contributed by atoms with van der Waals surface area (Å²) in [5.41, 5.74) is 6.83. The van der Waals surface area contributed by atoms with Crippen LogP contribution in [0.25, 0.3) is 0 Å². The lowest BCUT2D eigenvalue weighted by molar-refractivity contribution is -0.195. The first kappa shape index (κ1) is 16.9. The highest BCUT2D eigenvalue weighted by Gasteiger charge is 2.59. The van der Waals surface area contributed by atoms with Crippen molar-refractivity contribution in [3.63, 3.8) is 0 Å². The van der Waals surface area contributed by atoms with Gasteiger partial charge in [-0.1, -0.05) is 20.8 Å². The van der Waals surface area contributed by atoms with E-state index in [0.717, 1.165) is 16.0 Å². The first-order chi connectivity index (χ1) is 10.9. The van der Waals surface area contributed by atoms with E-state index in [1.54, 1.807) is 6.07 Å². The van der Waals surface area contributed by atoms with E-state index in [9.17, 15) is 23.1 Å². The molecular formula is C17H21F3N2O2. The number of alkyl halides is 3. The van der Waals surface area contributed by atoms with Gasteiger partial charge in [-0.25, -0.2) is 0 Å². The maximum atomic E-state index is 13.0. The van der Waals surface area contributed by atoms with E-state index in [-0.39, 0.29) is 24.4 Å². The molecule has 1 saturated heterocycles. The summed E-state index contributed by atoms with van der Waals surface area (Å²) < 4.78 is 38.9. The van der Waals surface area contributed by atoms with Gasteiger partial charge in [-0.2, -0.15) is 13.2 Å². The second kappa shape index (κ2) is 4.80. The lowest BCUT2D eigenvalue weighted by Gasteiger charge is -2.60. The van der Waals surface area contributed by atoms with Crippen LogP contribution in [-0.4, -0.2) is 34.7 Å². The van der Waals surface area contributed by atoms with Crippen molar-refractivity contribution in [2.75, 3.05) is 12.3 Å². The first-order valence-corrected chi connectivity index (χ1v) is 7.89. The predicted molar refractivity (Wildman–Crippen MR) is 83.5 cm³/mol. The zero-order valence-corrected chi connectivity index (χ0v) is 13.9. The lowest BCUT2D eigenvalue weighted by Crippen LogP contribution is -2.66. The molecule has 2 aliphatic rings. The summed E-state index contributed by atoms with van der Waals surface area (Å²) >= 11 is 0. The molecular weight excluding hydrogens is 321 g/mol. The third kappa shape index (κ3) is 2.09. The Hall–Kier alpha value is -1.92. The van der Waals surface area contributed by atoms with Crippen molar-refractivity contribution in [1.82, 2.24) is 4.90 Å². The number of carbonyl (C=O) groups is 1. The number of rotatable bonds is 0. The van der Waals surface area contributed by atoms with Gasteiger partial charge in [0.2, 0.25) is 0 Å². The smallest absolute Gasteiger partial charge is 0.471 e. The zero-order chi connectivity index (χ0) is 18.1. The summed E-state index contributed by atoms with van der Waals surface area (Å²) in [5.74, 6) is -1.87. The molecule has 0 unspecified atom stereocenters. The van der Waals surface area contributed by atoms with Crippen LogP contribution in [0.3, 0.4) is 0 Å². The summed E-state index contributed by atoms with van der Waals surface area (Å²) in [7, 11) is 0. The number of amides is 1. The molecule has 1 aromatic carbocycles. The molecule has 1 fully saturated rings. The van der Waals surface area contributed by atoms with Crippen LogP contribution in [0, 0.1) is 5.41 Å². The number of nitrogens with zero attached hydrogens (tertiary/aromatic N) is 1. The Bertz CT molecular complexity index is 715. The summed E-state index contributed by atoms with van der Waals surface area (Å²) in [4.78, 5) is 12.8. The van der Waals surface area contributed by atoms with Crippen molar-refractivity contribution in [2.24, 2.45) is 5.41 Å². The number of aromatic hydroxyl groups is 1. The zero-order valence-electron chi connectivity index (χ0n) is 13.9. The van der Waals surface area contributed by atoms with Crippen LogP contribution in [-0.2, 0) is 16.6 Å². The molecule has 3 N–H and O–H groups in total. The van der Waals surface area contributed by atoms with Gasteiger partial charge in [0.1, 0.15) is 5.75 Å². The Balaban J connectivity index is 2.13. The summed E-state index contributed by atoms with van der Waals surface area (Å²) in [6, 6.07) is 2.66. The SMILES string of the molecule is CC1(C)[C@H]2Cc3cc(O)c(N)cc3[C@]1(C)CCN2C(=O)C(F)(F)F. The molecule has 24 heavy (non-hydrogen) atoms. The fourth-order valence-corrected chi connectivity index (χ4v) is 4.37. The van der Waals surface area contributed by atoms with E-state index in [2.05, 4.69) is 0 Å². The van der Waals surface area contributed by atoms with E-state index in [0.29, 0.717) is 6.42 Å². The number of likely N-dealkylation sites (tertiary alicyclic amines) is 1. The Morgan fingerprint density at radius 3 is 2.54 bits per heavy atom. The standard InChI is InChI=1S/C17H21F3N2O2/c1-15(2)13-7-9-6-12(23)11(21)8-10(9)16(15,3)4-5-22(13)14(24)17(18,19)20/h6,8,13,23H,4-5,7,21H2,1-3H3/t13-,16+/m1/s1. The minimum absolute atomic E-state index is 0.0587. The number of benzene rings is 1. The molecule has 0 aromatic heterocycles. The van der Waals surface area contributed by atoms with E-state index in [1.807, 2.05) is 20.8 Å². The Morgan fingerprint density at radius 1 is 1.33 bits per heavy atom. The van der Waals surface area contributed by atoms with Gasteiger partial charge in [0.15, 0.2) is 0 Å². The number of phenols is 1. The third-order valence-corrected chi connectivity index (χ3v) is 6.25. The number of phenolic OH excluding ortho intramolecular Hbond substituents is 1. The van der Waals surface area contributed by atoms with Gasteiger partial charge in [0.25, 0.3) is 0 Å². The Morgan fingerprint density at radius 2 is 1.96 bits per heavy atom. The molecule has 1 aliphatic heterocycles. The minimum Gasteiger partial charge on any atom is -0.506 e. The van der Waals surface area contributed by atoms with Crippen LogP contribution in [0.5, 0.6) is 5.75 Å². The monoisotopic (exact) mass is 342 g/mol. The number of anilines is 1. The van der Waals surface area contributed by atoms with Crippen LogP contribution < -0.4 is 5.73 Å². The van der Waals surface area contributed by atoms with E-state index in [4.69, 9.17) is 5.73 Å². The fraction of sp³-hybridized carbons (Fsp3) is 0.588. The summed E-state index contributed by atoms with van der Waals surface area (Å²) in [5, 5.41) is 9.87. The van der Waals surface area contributed by atoms with Crippen LogP contribution in [0.1, 0.15) is 38.3 Å². The molecule has 7 heteroatoms. The van der Waals surface area contributed by atoms with Gasteiger partial charge in [0, 0.05) is 18.0 Å². The van der Waals surface area contributed by atoms with E-state index in [1.165, 1.54) is 6.07 Å². The van der Waals surface area contributed by atoms with Crippen molar-refractivity contribution in [3.05, 3.63) is 23.3 Å². The molecule has 0 spiro atoms. The van der Waals surface area contributed by atoms with E-state index < -0.39 is 29.0 Å². The van der Waals surface area contributed by atoms with Gasteiger partial charge >= 0.3 is 12.1 Å². The Kier molecular flexibility index (Phi) is 3.38. The average molecular weight is 342 g/mol. The van der Waals surface area contributed by atoms with Gasteiger partial charge in [-0.3, -0.25) is 4.79 Å². The first-order valence-electron chi connectivity index (χ1n) is 7.89. The molecule has 1 aromatic rings. The molecule has 2 bridgehead atoms. The average Bonchev–Trinajstić information content (AvgIpc) is 2.44. The molecule has 4 nitrogen and oxygen atoms in total. The van der Waals surface area contributed by atoms with Gasteiger partial charge in [-0.05, 0) is 41.5 Å². The predicted octanol–water partition coefficient (Wildman–Crippen LogP) is 2.98. The number of carbonyl (C=O) groups excluding carboxylic acids is 1. The summed E-state index contributed by atoms with van der Waals surface area (Å²) in [6.45, 7) is 5.87. The molecule has 1 aliphatic carbocycles. The topological polar surface area (TPSA) is 66.6 Å². The van der Waals surface area contributed by atoms with Crippen molar-refractivity contribution in [1.29, 1.82) is 0 Å². The second-order valence-corrected chi connectivity index (χ2v) is 7.59. The quantitative estimate of drug-likeness (QED) is 0.563. The molecule has 132 valence electrons. The third-order valence-electron chi connectivity index (χ3n) is 6.25. The highest BCUT2D eigenvalue weighted by Crippen LogP contribution is 2.57. The van der Waals surface area contributed by atoms with Crippen molar-refractivity contribution in [2.45, 2.75) is 51.2 Å². The van der Waals surface area contributed by atoms with Crippen molar-refractivity contribution in [3.8, 4) is 5.75 Å². The molecule has 0 radical (unpaired) electrons. The molecule has 0 saturated carbocycles. The molecule has 1 heterocycles. The van der Waals surface area contributed by atoms with Crippen molar-refractivity contribution >= 4 is 11.6 Å². The normalized spacial score (nSPS) is 28.4. The molecule has 1 amide bonds. The number of nitrogens with two attached hydrogens (primary N) is 1. The highest BCUT2D eigenvalue weighted by atomic mass is 19.4. The number of hydrogen-bond acceptors (Lipinski definition) is 3. The van der Waals surface area contributed by atoms with E-state index >= 15 is 0 Å². The van der Waals surface area contributed by atoms with Gasteiger partial charge in [0.05, 0.1) is 5.69 Å². The number of fused-ring (bicyclic) bond motifs is 4. The maximum Gasteiger partial charge on any atom is 0.471 e.